The number of aldehydes is 1. The van der Waals surface area contributed by atoms with E-state index in [0.717, 1.165) is 17.5 Å². The van der Waals surface area contributed by atoms with Gasteiger partial charge in [-0.3, -0.25) is 14.6 Å². The molecule has 4 nitrogen and oxygen atoms in total. The highest BCUT2D eigenvalue weighted by atomic mass is 16.1. The number of carbonyl (C=O) groups is 1. The number of hydrogen-bond acceptors (Lipinski definition) is 3. The van der Waals surface area contributed by atoms with Crippen LogP contribution in [-0.2, 0) is 7.05 Å². The van der Waals surface area contributed by atoms with Crippen molar-refractivity contribution in [2.24, 2.45) is 7.05 Å². The van der Waals surface area contributed by atoms with Gasteiger partial charge in [-0.25, -0.2) is 0 Å². The third kappa shape index (κ3) is 1.91. The molecule has 0 aromatic carbocycles. The van der Waals surface area contributed by atoms with Gasteiger partial charge in [-0.2, -0.15) is 0 Å². The molecule has 2 rings (SSSR count). The summed E-state index contributed by atoms with van der Waals surface area (Å²) in [7, 11) is 1.69. The van der Waals surface area contributed by atoms with Crippen LogP contribution in [0.2, 0.25) is 0 Å². The third-order valence-corrected chi connectivity index (χ3v) is 2.30. The highest BCUT2D eigenvalue weighted by Gasteiger charge is 2.00. The molecule has 0 atom stereocenters. The summed E-state index contributed by atoms with van der Waals surface area (Å²) in [4.78, 5) is 25.8. The predicted molar refractivity (Wildman–Crippen MR) is 60.3 cm³/mol. The van der Waals surface area contributed by atoms with E-state index in [9.17, 15) is 9.59 Å². The minimum atomic E-state index is -0.0618. The standard InChI is InChI=1S/C12H10N2O2/c1-14-7-10(3-5-12(14)16)11-4-2-9(8-15)6-13-11/h2-8H,1H3. The lowest BCUT2D eigenvalue weighted by atomic mass is 10.1. The van der Waals surface area contributed by atoms with E-state index >= 15 is 0 Å². The van der Waals surface area contributed by atoms with Crippen molar-refractivity contribution in [2.75, 3.05) is 0 Å². The lowest BCUT2D eigenvalue weighted by Gasteiger charge is -2.02. The summed E-state index contributed by atoms with van der Waals surface area (Å²) in [5.41, 5.74) is 2.06. The normalized spacial score (nSPS) is 10.1. The zero-order valence-corrected chi connectivity index (χ0v) is 8.75. The molecule has 80 valence electrons. The molecule has 0 amide bonds. The highest BCUT2D eigenvalue weighted by molar-refractivity contribution is 5.75. The zero-order valence-electron chi connectivity index (χ0n) is 8.75. The Labute approximate surface area is 92.2 Å². The second-order valence-corrected chi connectivity index (χ2v) is 3.46. The van der Waals surface area contributed by atoms with Crippen LogP contribution in [0, 0.1) is 0 Å². The first kappa shape index (κ1) is 10.3. The minimum absolute atomic E-state index is 0.0618. The van der Waals surface area contributed by atoms with Gasteiger partial charge in [0, 0.05) is 36.6 Å². The summed E-state index contributed by atoms with van der Waals surface area (Å²) in [6, 6.07) is 6.65. The summed E-state index contributed by atoms with van der Waals surface area (Å²) in [6.45, 7) is 0. The summed E-state index contributed by atoms with van der Waals surface area (Å²) in [5.74, 6) is 0. The van der Waals surface area contributed by atoms with Crippen LogP contribution in [0.3, 0.4) is 0 Å². The van der Waals surface area contributed by atoms with Crippen LogP contribution in [0.1, 0.15) is 10.4 Å². The SMILES string of the molecule is Cn1cc(-c2ccc(C=O)cn2)ccc1=O. The van der Waals surface area contributed by atoms with Crippen molar-refractivity contribution in [3.8, 4) is 11.3 Å². The Morgan fingerprint density at radius 1 is 1.25 bits per heavy atom. The third-order valence-electron chi connectivity index (χ3n) is 2.30. The van der Waals surface area contributed by atoms with Gasteiger partial charge >= 0.3 is 0 Å². The first-order valence-corrected chi connectivity index (χ1v) is 4.79. The van der Waals surface area contributed by atoms with Gasteiger partial charge in [0.15, 0.2) is 6.29 Å². The molecule has 0 aliphatic heterocycles. The van der Waals surface area contributed by atoms with Crippen molar-refractivity contribution in [2.45, 2.75) is 0 Å². The average Bonchev–Trinajstić information content (AvgIpc) is 2.33. The molecule has 0 saturated heterocycles. The molecule has 2 aromatic rings. The van der Waals surface area contributed by atoms with Gasteiger partial charge in [0.25, 0.3) is 0 Å². The number of pyridine rings is 2. The molecule has 0 aliphatic rings. The average molecular weight is 214 g/mol. The largest absolute Gasteiger partial charge is 0.318 e. The van der Waals surface area contributed by atoms with Crippen molar-refractivity contribution in [1.29, 1.82) is 0 Å². The van der Waals surface area contributed by atoms with Crippen LogP contribution in [-0.4, -0.2) is 15.8 Å². The fraction of sp³-hybridized carbons (Fsp3) is 0.0833. The summed E-state index contributed by atoms with van der Waals surface area (Å²) in [6.07, 6.45) is 3.97. The quantitative estimate of drug-likeness (QED) is 0.707. The van der Waals surface area contributed by atoms with Crippen molar-refractivity contribution in [3.05, 3.63) is 52.6 Å². The van der Waals surface area contributed by atoms with E-state index in [1.807, 2.05) is 0 Å². The summed E-state index contributed by atoms with van der Waals surface area (Å²) >= 11 is 0. The molecule has 0 radical (unpaired) electrons. The fourth-order valence-corrected chi connectivity index (χ4v) is 1.39. The Kier molecular flexibility index (Phi) is 2.64. The lowest BCUT2D eigenvalue weighted by Crippen LogP contribution is -2.14. The molecule has 4 heteroatoms. The van der Waals surface area contributed by atoms with E-state index in [-0.39, 0.29) is 5.56 Å². The number of rotatable bonds is 2. The fourth-order valence-electron chi connectivity index (χ4n) is 1.39. The molecule has 0 N–H and O–H groups in total. The van der Waals surface area contributed by atoms with Crippen molar-refractivity contribution in [1.82, 2.24) is 9.55 Å². The number of carbonyl (C=O) groups excluding carboxylic acids is 1. The van der Waals surface area contributed by atoms with Crippen LogP contribution >= 0.6 is 0 Å². The van der Waals surface area contributed by atoms with Crippen molar-refractivity contribution >= 4 is 6.29 Å². The van der Waals surface area contributed by atoms with E-state index in [0.29, 0.717) is 5.56 Å². The van der Waals surface area contributed by atoms with Gasteiger partial charge < -0.3 is 4.57 Å². The van der Waals surface area contributed by atoms with Crippen molar-refractivity contribution in [3.63, 3.8) is 0 Å². The first-order valence-electron chi connectivity index (χ1n) is 4.79. The number of aryl methyl sites for hydroxylation is 1. The number of nitrogens with zero attached hydrogens (tertiary/aromatic N) is 2. The Balaban J connectivity index is 2.46. The van der Waals surface area contributed by atoms with Crippen LogP contribution in [0.15, 0.2) is 41.5 Å². The molecule has 0 aliphatic carbocycles. The Hall–Kier alpha value is -2.23. The van der Waals surface area contributed by atoms with E-state index in [1.165, 1.54) is 16.8 Å². The Morgan fingerprint density at radius 2 is 2.06 bits per heavy atom. The van der Waals surface area contributed by atoms with E-state index < -0.39 is 0 Å². The molecule has 0 fully saturated rings. The van der Waals surface area contributed by atoms with Gasteiger partial charge in [-0.05, 0) is 18.2 Å². The first-order chi connectivity index (χ1) is 7.70. The van der Waals surface area contributed by atoms with Gasteiger partial charge in [-0.15, -0.1) is 0 Å². The molecular formula is C12H10N2O2. The van der Waals surface area contributed by atoms with Crippen LogP contribution in [0.5, 0.6) is 0 Å². The monoisotopic (exact) mass is 214 g/mol. The number of hydrogen-bond donors (Lipinski definition) is 0. The molecule has 16 heavy (non-hydrogen) atoms. The maximum absolute atomic E-state index is 11.2. The second kappa shape index (κ2) is 4.10. The molecule has 2 aromatic heterocycles. The smallest absolute Gasteiger partial charge is 0.250 e. The molecule has 0 saturated carbocycles. The maximum Gasteiger partial charge on any atom is 0.250 e. The van der Waals surface area contributed by atoms with Gasteiger partial charge in [0.2, 0.25) is 5.56 Å². The number of aromatic nitrogens is 2. The second-order valence-electron chi connectivity index (χ2n) is 3.46. The van der Waals surface area contributed by atoms with Gasteiger partial charge in [0.05, 0.1) is 5.69 Å². The lowest BCUT2D eigenvalue weighted by molar-refractivity contribution is 0.112. The Bertz CT molecular complexity index is 570. The highest BCUT2D eigenvalue weighted by Crippen LogP contribution is 2.14. The predicted octanol–water partition coefficient (Wildman–Crippen LogP) is 1.26. The molecule has 2 heterocycles. The minimum Gasteiger partial charge on any atom is -0.318 e. The van der Waals surface area contributed by atoms with Crippen molar-refractivity contribution < 1.29 is 4.79 Å². The van der Waals surface area contributed by atoms with Gasteiger partial charge in [-0.1, -0.05) is 0 Å². The van der Waals surface area contributed by atoms with E-state index in [4.69, 9.17) is 0 Å². The van der Waals surface area contributed by atoms with E-state index in [2.05, 4.69) is 4.98 Å². The van der Waals surface area contributed by atoms with E-state index in [1.54, 1.807) is 31.4 Å². The molecule has 0 bridgehead atoms. The zero-order chi connectivity index (χ0) is 11.5. The van der Waals surface area contributed by atoms with Crippen LogP contribution in [0.4, 0.5) is 0 Å². The van der Waals surface area contributed by atoms with Gasteiger partial charge in [0.1, 0.15) is 0 Å². The summed E-state index contributed by atoms with van der Waals surface area (Å²) < 4.78 is 1.49. The van der Waals surface area contributed by atoms with Crippen LogP contribution < -0.4 is 5.56 Å². The maximum atomic E-state index is 11.2. The molecule has 0 unspecified atom stereocenters. The Morgan fingerprint density at radius 3 is 2.62 bits per heavy atom. The summed E-state index contributed by atoms with van der Waals surface area (Å²) in [5, 5.41) is 0. The molecule has 0 spiro atoms. The molecular weight excluding hydrogens is 204 g/mol. The topological polar surface area (TPSA) is 52.0 Å². The van der Waals surface area contributed by atoms with Crippen LogP contribution in [0.25, 0.3) is 11.3 Å².